The molecule has 4 unspecified atom stereocenters. The summed E-state index contributed by atoms with van der Waals surface area (Å²) in [5, 5.41) is 0. The molecule has 2 aliphatic rings. The second-order valence-electron chi connectivity index (χ2n) is 6.36. The Bertz CT molecular complexity index is 562. The minimum atomic E-state index is -0.673. The summed E-state index contributed by atoms with van der Waals surface area (Å²) in [6.07, 6.45) is 4.23. The Labute approximate surface area is 146 Å². The molecule has 7 nitrogen and oxygen atoms in total. The van der Waals surface area contributed by atoms with E-state index in [1.54, 1.807) is 6.08 Å². The molecule has 0 N–H and O–H groups in total. The predicted octanol–water partition coefficient (Wildman–Crippen LogP) is 1.42. The molecule has 7 heteroatoms. The summed E-state index contributed by atoms with van der Waals surface area (Å²) in [6.45, 7) is 7.57. The number of esters is 3. The molecule has 138 valence electrons. The molecule has 0 aromatic heterocycles. The van der Waals surface area contributed by atoms with Crippen molar-refractivity contribution in [2.75, 3.05) is 26.4 Å². The highest BCUT2D eigenvalue weighted by atomic mass is 16.6. The first kappa shape index (κ1) is 19.2. The zero-order chi connectivity index (χ0) is 18.4. The zero-order valence-electron chi connectivity index (χ0n) is 14.6. The van der Waals surface area contributed by atoms with Crippen LogP contribution in [0.3, 0.4) is 0 Å². The number of carbonyl (C=O) groups is 3. The standard InChI is InChI=1S/C18H24O7/c1-11(2)16(19)22-7-8-23-18(21)15-12(3)5-4-6-14(15)17(20)25-10-13-9-24-13/h4,6,12-15H,1,5,7-10H2,2-3H3. The third-order valence-corrected chi connectivity index (χ3v) is 4.12. The first-order valence-electron chi connectivity index (χ1n) is 8.34. The molecule has 0 bridgehead atoms. The van der Waals surface area contributed by atoms with Gasteiger partial charge in [-0.25, -0.2) is 4.79 Å². The van der Waals surface area contributed by atoms with Gasteiger partial charge in [-0.05, 0) is 19.3 Å². The maximum absolute atomic E-state index is 12.4. The van der Waals surface area contributed by atoms with E-state index in [0.29, 0.717) is 13.0 Å². The van der Waals surface area contributed by atoms with E-state index in [0.717, 1.165) is 0 Å². The molecule has 1 saturated heterocycles. The fourth-order valence-electron chi connectivity index (χ4n) is 2.60. The van der Waals surface area contributed by atoms with Crippen molar-refractivity contribution in [3.05, 3.63) is 24.3 Å². The monoisotopic (exact) mass is 352 g/mol. The number of epoxide rings is 1. The summed E-state index contributed by atoms with van der Waals surface area (Å²) < 4.78 is 20.3. The normalized spacial score (nSPS) is 27.3. The first-order chi connectivity index (χ1) is 11.9. The van der Waals surface area contributed by atoms with E-state index in [4.69, 9.17) is 18.9 Å². The fourth-order valence-corrected chi connectivity index (χ4v) is 2.60. The zero-order valence-corrected chi connectivity index (χ0v) is 14.6. The topological polar surface area (TPSA) is 91.4 Å². The van der Waals surface area contributed by atoms with E-state index in [-0.39, 0.29) is 37.4 Å². The van der Waals surface area contributed by atoms with Crippen LogP contribution in [0.25, 0.3) is 0 Å². The van der Waals surface area contributed by atoms with Gasteiger partial charge in [-0.15, -0.1) is 0 Å². The van der Waals surface area contributed by atoms with Crippen LogP contribution in [0.5, 0.6) is 0 Å². The SMILES string of the molecule is C=C(C)C(=O)OCCOC(=O)C1C(C)CC=CC1C(=O)OCC1CO1. The third kappa shape index (κ3) is 5.70. The van der Waals surface area contributed by atoms with E-state index >= 15 is 0 Å². The van der Waals surface area contributed by atoms with Gasteiger partial charge in [0.2, 0.25) is 0 Å². The molecule has 2 rings (SSSR count). The Balaban J connectivity index is 1.85. The lowest BCUT2D eigenvalue weighted by molar-refractivity contribution is -0.163. The van der Waals surface area contributed by atoms with Crippen LogP contribution >= 0.6 is 0 Å². The minimum absolute atomic E-state index is 0.0256. The lowest BCUT2D eigenvalue weighted by Gasteiger charge is -2.29. The molecule has 0 aromatic rings. The number of hydrogen-bond donors (Lipinski definition) is 0. The van der Waals surface area contributed by atoms with Crippen LogP contribution in [-0.2, 0) is 33.3 Å². The van der Waals surface area contributed by atoms with E-state index in [9.17, 15) is 14.4 Å². The second kappa shape index (κ2) is 8.80. The highest BCUT2D eigenvalue weighted by molar-refractivity contribution is 5.87. The van der Waals surface area contributed by atoms with Crippen LogP contribution in [-0.4, -0.2) is 50.4 Å². The summed E-state index contributed by atoms with van der Waals surface area (Å²) in [7, 11) is 0. The molecular weight excluding hydrogens is 328 g/mol. The summed E-state index contributed by atoms with van der Waals surface area (Å²) >= 11 is 0. The molecule has 0 radical (unpaired) electrons. The van der Waals surface area contributed by atoms with Crippen LogP contribution in [0.2, 0.25) is 0 Å². The number of rotatable bonds is 8. The molecule has 1 aliphatic heterocycles. The summed E-state index contributed by atoms with van der Waals surface area (Å²) in [5.74, 6) is -2.82. The Morgan fingerprint density at radius 2 is 1.84 bits per heavy atom. The second-order valence-corrected chi connectivity index (χ2v) is 6.36. The maximum Gasteiger partial charge on any atom is 0.333 e. The Morgan fingerprint density at radius 3 is 2.48 bits per heavy atom. The van der Waals surface area contributed by atoms with Crippen molar-refractivity contribution < 1.29 is 33.3 Å². The quantitative estimate of drug-likeness (QED) is 0.163. The van der Waals surface area contributed by atoms with Crippen molar-refractivity contribution in [2.24, 2.45) is 17.8 Å². The van der Waals surface area contributed by atoms with E-state index in [1.807, 2.05) is 13.0 Å². The van der Waals surface area contributed by atoms with Gasteiger partial charge in [-0.3, -0.25) is 9.59 Å². The Kier molecular flexibility index (Phi) is 6.75. The summed E-state index contributed by atoms with van der Waals surface area (Å²) in [5.41, 5.74) is 0.278. The maximum atomic E-state index is 12.4. The van der Waals surface area contributed by atoms with Crippen molar-refractivity contribution in [2.45, 2.75) is 26.4 Å². The van der Waals surface area contributed by atoms with Gasteiger partial charge in [0, 0.05) is 5.57 Å². The smallest absolute Gasteiger partial charge is 0.333 e. The molecule has 4 atom stereocenters. The average Bonchev–Trinajstić information content (AvgIpc) is 3.40. The van der Waals surface area contributed by atoms with Crippen LogP contribution < -0.4 is 0 Å². The highest BCUT2D eigenvalue weighted by Crippen LogP contribution is 2.32. The van der Waals surface area contributed by atoms with Crippen molar-refractivity contribution in [1.29, 1.82) is 0 Å². The van der Waals surface area contributed by atoms with Gasteiger partial charge in [-0.1, -0.05) is 25.7 Å². The molecule has 25 heavy (non-hydrogen) atoms. The molecule has 0 amide bonds. The van der Waals surface area contributed by atoms with E-state index < -0.39 is 29.7 Å². The van der Waals surface area contributed by atoms with Crippen molar-refractivity contribution in [1.82, 2.24) is 0 Å². The lowest BCUT2D eigenvalue weighted by atomic mass is 9.76. The van der Waals surface area contributed by atoms with Crippen molar-refractivity contribution in [3.8, 4) is 0 Å². The third-order valence-electron chi connectivity index (χ3n) is 4.12. The number of ether oxygens (including phenoxy) is 4. The Morgan fingerprint density at radius 1 is 1.16 bits per heavy atom. The van der Waals surface area contributed by atoms with Crippen molar-refractivity contribution in [3.63, 3.8) is 0 Å². The van der Waals surface area contributed by atoms with Gasteiger partial charge >= 0.3 is 17.9 Å². The van der Waals surface area contributed by atoms with Gasteiger partial charge in [0.1, 0.15) is 25.9 Å². The largest absolute Gasteiger partial charge is 0.462 e. The van der Waals surface area contributed by atoms with Crippen LogP contribution in [0.1, 0.15) is 20.3 Å². The van der Waals surface area contributed by atoms with Crippen molar-refractivity contribution >= 4 is 17.9 Å². The molecule has 0 saturated carbocycles. The fraction of sp³-hybridized carbons (Fsp3) is 0.611. The Hall–Kier alpha value is -2.15. The number of hydrogen-bond acceptors (Lipinski definition) is 7. The highest BCUT2D eigenvalue weighted by Gasteiger charge is 2.40. The summed E-state index contributed by atoms with van der Waals surface area (Å²) in [4.78, 5) is 35.9. The molecule has 0 aromatic carbocycles. The van der Waals surface area contributed by atoms with E-state index in [2.05, 4.69) is 6.58 Å². The average molecular weight is 352 g/mol. The van der Waals surface area contributed by atoms with Gasteiger partial charge < -0.3 is 18.9 Å². The molecular formula is C18H24O7. The molecule has 1 fully saturated rings. The van der Waals surface area contributed by atoms with E-state index in [1.165, 1.54) is 6.92 Å². The molecule has 0 spiro atoms. The van der Waals surface area contributed by atoms with Gasteiger partial charge in [0.05, 0.1) is 18.4 Å². The molecule has 1 aliphatic carbocycles. The molecule has 1 heterocycles. The minimum Gasteiger partial charge on any atom is -0.462 e. The summed E-state index contributed by atoms with van der Waals surface area (Å²) in [6, 6.07) is 0. The van der Waals surface area contributed by atoms with Crippen LogP contribution in [0.4, 0.5) is 0 Å². The van der Waals surface area contributed by atoms with Gasteiger partial charge in [0.15, 0.2) is 0 Å². The predicted molar refractivity (Wildman–Crippen MR) is 87.3 cm³/mol. The lowest BCUT2D eigenvalue weighted by Crippen LogP contribution is -2.38. The van der Waals surface area contributed by atoms with Crippen LogP contribution in [0.15, 0.2) is 24.3 Å². The van der Waals surface area contributed by atoms with Gasteiger partial charge in [-0.2, -0.15) is 0 Å². The number of carbonyl (C=O) groups excluding carboxylic acids is 3. The van der Waals surface area contributed by atoms with Gasteiger partial charge in [0.25, 0.3) is 0 Å². The first-order valence-corrected chi connectivity index (χ1v) is 8.34. The van der Waals surface area contributed by atoms with Crippen LogP contribution in [0, 0.1) is 17.8 Å². The number of allylic oxidation sites excluding steroid dienone is 1.